The molecule has 0 fully saturated rings. The lowest BCUT2D eigenvalue weighted by Gasteiger charge is -2.09. The number of carbonyl (C=O) groups is 1. The summed E-state index contributed by atoms with van der Waals surface area (Å²) in [6.07, 6.45) is 1.92. The molecule has 0 aliphatic rings. The Morgan fingerprint density at radius 3 is 2.62 bits per heavy atom. The first kappa shape index (κ1) is 17.9. The van der Waals surface area contributed by atoms with E-state index >= 15 is 0 Å². The number of unbranched alkanes of at least 4 members (excludes halogenated alkanes) is 2. The maximum Gasteiger partial charge on any atom is 0.303 e. The summed E-state index contributed by atoms with van der Waals surface area (Å²) in [5, 5.41) is 8.49. The largest absolute Gasteiger partial charge is 0.496 e. The van der Waals surface area contributed by atoms with Gasteiger partial charge in [-0.2, -0.15) is 0 Å². The minimum absolute atomic E-state index is 0.109. The van der Waals surface area contributed by atoms with Crippen molar-refractivity contribution in [3.8, 4) is 5.75 Å². The van der Waals surface area contributed by atoms with Crippen molar-refractivity contribution in [3.63, 3.8) is 0 Å². The summed E-state index contributed by atoms with van der Waals surface area (Å²) in [4.78, 5) is 10.5. The number of methoxy groups -OCH3 is 1. The third-order valence-electron chi connectivity index (χ3n) is 2.79. The lowest BCUT2D eigenvalue weighted by atomic mass is 10.2. The van der Waals surface area contributed by atoms with Crippen LogP contribution in [0.25, 0.3) is 0 Å². The number of nitrogens with one attached hydrogen (secondary N) is 1. The van der Waals surface area contributed by atoms with Gasteiger partial charge in [0.1, 0.15) is 5.75 Å². The van der Waals surface area contributed by atoms with Crippen molar-refractivity contribution in [2.75, 3.05) is 13.7 Å². The molecule has 1 aromatic carbocycles. The summed E-state index contributed by atoms with van der Waals surface area (Å²) in [7, 11) is -2.06. The average molecular weight is 380 g/mol. The van der Waals surface area contributed by atoms with Crippen LogP contribution in [0.15, 0.2) is 27.6 Å². The Kier molecular flexibility index (Phi) is 7.13. The first-order valence-electron chi connectivity index (χ1n) is 6.42. The van der Waals surface area contributed by atoms with Crippen molar-refractivity contribution in [2.45, 2.75) is 30.6 Å². The SMILES string of the molecule is COc1ccc(S(=O)(=O)NCCCCCC(=O)O)cc1Br. The van der Waals surface area contributed by atoms with Crippen molar-refractivity contribution in [3.05, 3.63) is 22.7 Å². The van der Waals surface area contributed by atoms with Gasteiger partial charge >= 0.3 is 5.97 Å². The Hall–Kier alpha value is -1.12. The maximum absolute atomic E-state index is 12.1. The highest BCUT2D eigenvalue weighted by Gasteiger charge is 2.15. The van der Waals surface area contributed by atoms with E-state index in [1.807, 2.05) is 0 Å². The minimum Gasteiger partial charge on any atom is -0.496 e. The molecule has 0 bridgehead atoms. The van der Waals surface area contributed by atoms with Gasteiger partial charge in [0.15, 0.2) is 0 Å². The van der Waals surface area contributed by atoms with Crippen LogP contribution in [0, 0.1) is 0 Å². The van der Waals surface area contributed by atoms with Crippen molar-refractivity contribution < 1.29 is 23.1 Å². The summed E-state index contributed by atoms with van der Waals surface area (Å²) >= 11 is 3.24. The van der Waals surface area contributed by atoms with Crippen LogP contribution in [0.3, 0.4) is 0 Å². The molecule has 0 aliphatic heterocycles. The average Bonchev–Trinajstić information content (AvgIpc) is 2.42. The van der Waals surface area contributed by atoms with Crippen LogP contribution in [0.4, 0.5) is 0 Å². The van der Waals surface area contributed by atoms with E-state index in [2.05, 4.69) is 20.7 Å². The molecule has 0 aromatic heterocycles. The zero-order chi connectivity index (χ0) is 15.9. The van der Waals surface area contributed by atoms with E-state index in [1.54, 1.807) is 6.07 Å². The third kappa shape index (κ3) is 6.03. The van der Waals surface area contributed by atoms with E-state index in [0.717, 1.165) is 0 Å². The molecule has 21 heavy (non-hydrogen) atoms. The number of ether oxygens (including phenoxy) is 1. The Morgan fingerprint density at radius 2 is 2.05 bits per heavy atom. The molecule has 0 saturated heterocycles. The van der Waals surface area contributed by atoms with Crippen LogP contribution in [-0.4, -0.2) is 33.1 Å². The summed E-state index contributed by atoms with van der Waals surface area (Å²) in [5.74, 6) is -0.277. The van der Waals surface area contributed by atoms with E-state index in [4.69, 9.17) is 9.84 Å². The van der Waals surface area contributed by atoms with Crippen molar-refractivity contribution >= 4 is 31.9 Å². The van der Waals surface area contributed by atoms with Crippen LogP contribution in [0.1, 0.15) is 25.7 Å². The molecule has 118 valence electrons. The normalized spacial score (nSPS) is 11.3. The van der Waals surface area contributed by atoms with Gasteiger partial charge in [0.25, 0.3) is 0 Å². The van der Waals surface area contributed by atoms with Crippen molar-refractivity contribution in [1.29, 1.82) is 0 Å². The van der Waals surface area contributed by atoms with Crippen LogP contribution < -0.4 is 9.46 Å². The number of rotatable bonds is 9. The number of halogens is 1. The van der Waals surface area contributed by atoms with Gasteiger partial charge in [-0.1, -0.05) is 6.42 Å². The smallest absolute Gasteiger partial charge is 0.303 e. The summed E-state index contributed by atoms with van der Waals surface area (Å²) in [6.45, 7) is 0.283. The van der Waals surface area contributed by atoms with E-state index in [-0.39, 0.29) is 17.9 Å². The molecule has 0 spiro atoms. The number of sulfonamides is 1. The molecule has 2 N–H and O–H groups in total. The fourth-order valence-electron chi connectivity index (χ4n) is 1.68. The molecule has 0 aliphatic carbocycles. The fraction of sp³-hybridized carbons (Fsp3) is 0.462. The number of hydrogen-bond acceptors (Lipinski definition) is 4. The van der Waals surface area contributed by atoms with Crippen LogP contribution in [-0.2, 0) is 14.8 Å². The highest BCUT2D eigenvalue weighted by Crippen LogP contribution is 2.27. The first-order valence-corrected chi connectivity index (χ1v) is 8.69. The highest BCUT2D eigenvalue weighted by atomic mass is 79.9. The number of hydrogen-bond donors (Lipinski definition) is 2. The standard InChI is InChI=1S/C13H18BrNO5S/c1-20-12-7-6-10(9-11(12)14)21(18,19)15-8-4-2-3-5-13(16)17/h6-7,9,15H,2-5,8H2,1H3,(H,16,17). The molecule has 0 amide bonds. The molecule has 1 rings (SSSR count). The summed E-state index contributed by atoms with van der Waals surface area (Å²) in [5.41, 5.74) is 0. The first-order chi connectivity index (χ1) is 9.86. The lowest BCUT2D eigenvalue weighted by molar-refractivity contribution is -0.137. The number of aliphatic carboxylic acids is 1. The minimum atomic E-state index is -3.56. The Labute approximate surface area is 132 Å². The van der Waals surface area contributed by atoms with Gasteiger partial charge in [0.05, 0.1) is 16.5 Å². The van der Waals surface area contributed by atoms with E-state index in [9.17, 15) is 13.2 Å². The molecule has 0 saturated carbocycles. The van der Waals surface area contributed by atoms with E-state index in [1.165, 1.54) is 19.2 Å². The van der Waals surface area contributed by atoms with Crippen molar-refractivity contribution in [2.24, 2.45) is 0 Å². The molecule has 0 heterocycles. The van der Waals surface area contributed by atoms with Gasteiger partial charge in [-0.25, -0.2) is 13.1 Å². The Balaban J connectivity index is 2.50. The molecule has 6 nitrogen and oxygen atoms in total. The molecule has 0 unspecified atom stereocenters. The maximum atomic E-state index is 12.1. The van der Waals surface area contributed by atoms with Gasteiger partial charge < -0.3 is 9.84 Å². The number of carboxylic acid groups (broad SMARTS) is 1. The second kappa shape index (κ2) is 8.35. The summed E-state index contributed by atoms with van der Waals surface area (Å²) in [6, 6.07) is 4.52. The predicted octanol–water partition coefficient (Wildman–Crippen LogP) is 2.38. The highest BCUT2D eigenvalue weighted by molar-refractivity contribution is 9.10. The summed E-state index contributed by atoms with van der Waals surface area (Å²) < 4.78 is 32.2. The Morgan fingerprint density at radius 1 is 1.33 bits per heavy atom. The van der Waals surface area contributed by atoms with Gasteiger partial charge in [0, 0.05) is 13.0 Å². The predicted molar refractivity (Wildman–Crippen MR) is 82.0 cm³/mol. The zero-order valence-corrected chi connectivity index (χ0v) is 14.0. The number of carboxylic acids is 1. The van der Waals surface area contributed by atoms with Gasteiger partial charge in [0.2, 0.25) is 10.0 Å². The van der Waals surface area contributed by atoms with Gasteiger partial charge in [-0.05, 0) is 47.0 Å². The number of benzene rings is 1. The second-order valence-electron chi connectivity index (χ2n) is 4.40. The van der Waals surface area contributed by atoms with Crippen LogP contribution in [0.5, 0.6) is 5.75 Å². The molecule has 8 heteroatoms. The zero-order valence-electron chi connectivity index (χ0n) is 11.6. The van der Waals surface area contributed by atoms with Crippen LogP contribution >= 0.6 is 15.9 Å². The quantitative estimate of drug-likeness (QED) is 0.642. The third-order valence-corrected chi connectivity index (χ3v) is 4.87. The Bertz CT molecular complexity index is 588. The van der Waals surface area contributed by atoms with E-state index < -0.39 is 16.0 Å². The van der Waals surface area contributed by atoms with Crippen LogP contribution in [0.2, 0.25) is 0 Å². The monoisotopic (exact) mass is 379 g/mol. The topological polar surface area (TPSA) is 92.7 Å². The lowest BCUT2D eigenvalue weighted by Crippen LogP contribution is -2.24. The fourth-order valence-corrected chi connectivity index (χ4v) is 3.47. The molecular weight excluding hydrogens is 362 g/mol. The molecule has 0 atom stereocenters. The second-order valence-corrected chi connectivity index (χ2v) is 7.02. The molecular formula is C13H18BrNO5S. The molecule has 0 radical (unpaired) electrons. The molecule has 1 aromatic rings. The van der Waals surface area contributed by atoms with E-state index in [0.29, 0.717) is 29.5 Å². The van der Waals surface area contributed by atoms with Crippen molar-refractivity contribution in [1.82, 2.24) is 4.72 Å². The van der Waals surface area contributed by atoms with Gasteiger partial charge in [-0.15, -0.1) is 0 Å². The van der Waals surface area contributed by atoms with Gasteiger partial charge in [-0.3, -0.25) is 4.79 Å².